The number of piperidine rings is 1. The zero-order chi connectivity index (χ0) is 10.5. The van der Waals surface area contributed by atoms with Gasteiger partial charge in [-0.3, -0.25) is 4.79 Å². The van der Waals surface area contributed by atoms with Crippen LogP contribution in [0.25, 0.3) is 0 Å². The summed E-state index contributed by atoms with van der Waals surface area (Å²) in [7, 11) is 0. The molecule has 0 unspecified atom stereocenters. The van der Waals surface area contributed by atoms with E-state index in [1.807, 2.05) is 0 Å². The number of hydrogen-bond acceptors (Lipinski definition) is 4. The van der Waals surface area contributed by atoms with Crippen molar-refractivity contribution >= 4 is 12.4 Å². The molecule has 80 valence electrons. The highest BCUT2D eigenvalue weighted by molar-refractivity contribution is 5.47. The van der Waals surface area contributed by atoms with Crippen LogP contribution in [0.2, 0.25) is 0 Å². The first-order chi connectivity index (χ1) is 7.38. The molecule has 2 rings (SSSR count). The lowest BCUT2D eigenvalue weighted by Gasteiger charge is -2.29. The third-order valence-electron chi connectivity index (χ3n) is 2.58. The quantitative estimate of drug-likeness (QED) is 0.732. The Kier molecular flexibility index (Phi) is 3.11. The van der Waals surface area contributed by atoms with E-state index in [1.165, 1.54) is 0 Å². The Balaban J connectivity index is 1.85. The molecule has 5 heteroatoms. The Morgan fingerprint density at radius 3 is 2.60 bits per heavy atom. The highest BCUT2D eigenvalue weighted by Crippen LogP contribution is 2.12. The highest BCUT2D eigenvalue weighted by Gasteiger charge is 2.17. The van der Waals surface area contributed by atoms with E-state index in [4.69, 9.17) is 0 Å². The fourth-order valence-electron chi connectivity index (χ4n) is 1.71. The van der Waals surface area contributed by atoms with Crippen LogP contribution in [0.1, 0.15) is 12.8 Å². The zero-order valence-corrected chi connectivity index (χ0v) is 8.47. The van der Waals surface area contributed by atoms with Gasteiger partial charge in [-0.1, -0.05) is 0 Å². The minimum absolute atomic E-state index is 0.378. The van der Waals surface area contributed by atoms with E-state index in [9.17, 15) is 4.79 Å². The van der Waals surface area contributed by atoms with Crippen LogP contribution in [-0.4, -0.2) is 40.4 Å². The van der Waals surface area contributed by atoms with Gasteiger partial charge in [0.2, 0.25) is 12.4 Å². The number of likely N-dealkylation sites (tertiary alicyclic amines) is 1. The molecule has 1 N–H and O–H groups in total. The van der Waals surface area contributed by atoms with Crippen LogP contribution in [0.15, 0.2) is 18.5 Å². The molecular weight excluding hydrogens is 192 g/mol. The van der Waals surface area contributed by atoms with Crippen molar-refractivity contribution in [2.45, 2.75) is 18.9 Å². The van der Waals surface area contributed by atoms with Crippen molar-refractivity contribution in [3.8, 4) is 0 Å². The summed E-state index contributed by atoms with van der Waals surface area (Å²) in [6, 6.07) is 2.17. The molecule has 15 heavy (non-hydrogen) atoms. The van der Waals surface area contributed by atoms with Gasteiger partial charge in [0.1, 0.15) is 0 Å². The maximum Gasteiger partial charge on any atom is 0.222 e. The number of nitrogens with zero attached hydrogens (tertiary/aromatic N) is 3. The molecule has 1 aromatic rings. The Bertz CT molecular complexity index is 308. The fourth-order valence-corrected chi connectivity index (χ4v) is 1.71. The summed E-state index contributed by atoms with van der Waals surface area (Å²) >= 11 is 0. The van der Waals surface area contributed by atoms with Crippen molar-refractivity contribution in [2.24, 2.45) is 0 Å². The molecule has 0 spiro atoms. The zero-order valence-electron chi connectivity index (χ0n) is 8.47. The SMILES string of the molecule is O=CN1CCC(Nc2ncccn2)CC1. The summed E-state index contributed by atoms with van der Waals surface area (Å²) in [6.07, 6.45) is 6.26. The molecular formula is C10H14N4O. The number of anilines is 1. The van der Waals surface area contributed by atoms with Gasteiger partial charge in [0, 0.05) is 31.5 Å². The van der Waals surface area contributed by atoms with Crippen LogP contribution in [0.5, 0.6) is 0 Å². The molecule has 1 aromatic heterocycles. The molecule has 0 aromatic carbocycles. The summed E-state index contributed by atoms with van der Waals surface area (Å²) in [5.74, 6) is 0.669. The van der Waals surface area contributed by atoms with Crippen molar-refractivity contribution < 1.29 is 4.79 Å². The van der Waals surface area contributed by atoms with Gasteiger partial charge in [0.05, 0.1) is 0 Å². The van der Waals surface area contributed by atoms with E-state index in [2.05, 4.69) is 15.3 Å². The maximum absolute atomic E-state index is 10.5. The standard InChI is InChI=1S/C10H14N4O/c15-8-14-6-2-9(3-7-14)13-10-11-4-1-5-12-10/h1,4-5,8-9H,2-3,6-7H2,(H,11,12,13). The first-order valence-corrected chi connectivity index (χ1v) is 5.11. The largest absolute Gasteiger partial charge is 0.351 e. The van der Waals surface area contributed by atoms with E-state index in [-0.39, 0.29) is 0 Å². The Morgan fingerprint density at radius 1 is 1.33 bits per heavy atom. The van der Waals surface area contributed by atoms with Gasteiger partial charge in [-0.05, 0) is 18.9 Å². The van der Waals surface area contributed by atoms with Crippen molar-refractivity contribution in [1.29, 1.82) is 0 Å². The van der Waals surface area contributed by atoms with E-state index in [0.717, 1.165) is 32.3 Å². The monoisotopic (exact) mass is 206 g/mol. The molecule has 1 amide bonds. The second kappa shape index (κ2) is 4.72. The maximum atomic E-state index is 10.5. The summed E-state index contributed by atoms with van der Waals surface area (Å²) in [4.78, 5) is 20.5. The van der Waals surface area contributed by atoms with Gasteiger partial charge >= 0.3 is 0 Å². The van der Waals surface area contributed by atoms with Crippen LogP contribution in [0, 0.1) is 0 Å². The van der Waals surface area contributed by atoms with E-state index in [1.54, 1.807) is 23.4 Å². The minimum atomic E-state index is 0.378. The number of aromatic nitrogens is 2. The summed E-state index contributed by atoms with van der Waals surface area (Å²) < 4.78 is 0. The molecule has 1 aliphatic rings. The van der Waals surface area contributed by atoms with E-state index < -0.39 is 0 Å². The normalized spacial score (nSPS) is 17.5. The first-order valence-electron chi connectivity index (χ1n) is 5.11. The lowest BCUT2D eigenvalue weighted by molar-refractivity contribution is -0.118. The van der Waals surface area contributed by atoms with Crippen LogP contribution in [0.3, 0.4) is 0 Å². The topological polar surface area (TPSA) is 58.1 Å². The summed E-state index contributed by atoms with van der Waals surface area (Å²) in [6.45, 7) is 1.63. The van der Waals surface area contributed by atoms with Crippen molar-refractivity contribution in [3.05, 3.63) is 18.5 Å². The molecule has 0 bridgehead atoms. The number of amides is 1. The smallest absolute Gasteiger partial charge is 0.222 e. The molecule has 1 saturated heterocycles. The van der Waals surface area contributed by atoms with Gasteiger partial charge in [-0.2, -0.15) is 0 Å². The second-order valence-corrected chi connectivity index (χ2v) is 3.63. The van der Waals surface area contributed by atoms with Gasteiger partial charge < -0.3 is 10.2 Å². The summed E-state index contributed by atoms with van der Waals surface area (Å²) in [5.41, 5.74) is 0. The second-order valence-electron chi connectivity index (χ2n) is 3.63. The molecule has 0 saturated carbocycles. The van der Waals surface area contributed by atoms with Gasteiger partial charge in [0.15, 0.2) is 0 Å². The molecule has 0 radical (unpaired) electrons. The van der Waals surface area contributed by atoms with Crippen molar-refractivity contribution in [3.63, 3.8) is 0 Å². The average Bonchev–Trinajstić information content (AvgIpc) is 2.31. The molecule has 5 nitrogen and oxygen atoms in total. The molecule has 0 aliphatic carbocycles. The lowest BCUT2D eigenvalue weighted by atomic mass is 10.1. The first kappa shape index (κ1) is 9.89. The van der Waals surface area contributed by atoms with Crippen LogP contribution >= 0.6 is 0 Å². The third kappa shape index (κ3) is 2.65. The van der Waals surface area contributed by atoms with E-state index in [0.29, 0.717) is 12.0 Å². The van der Waals surface area contributed by atoms with Crippen molar-refractivity contribution in [2.75, 3.05) is 18.4 Å². The predicted octanol–water partition coefficient (Wildman–Crippen LogP) is 0.509. The van der Waals surface area contributed by atoms with Crippen LogP contribution in [0.4, 0.5) is 5.95 Å². The number of carbonyl (C=O) groups excluding carboxylic acids is 1. The van der Waals surface area contributed by atoms with Gasteiger partial charge in [0.25, 0.3) is 0 Å². The van der Waals surface area contributed by atoms with Gasteiger partial charge in [-0.15, -0.1) is 0 Å². The number of nitrogens with one attached hydrogen (secondary N) is 1. The predicted molar refractivity (Wildman–Crippen MR) is 56.3 cm³/mol. The molecule has 1 fully saturated rings. The highest BCUT2D eigenvalue weighted by atomic mass is 16.1. The van der Waals surface area contributed by atoms with Crippen LogP contribution in [-0.2, 0) is 4.79 Å². The van der Waals surface area contributed by atoms with Crippen LogP contribution < -0.4 is 5.32 Å². The number of hydrogen-bond donors (Lipinski definition) is 1. The minimum Gasteiger partial charge on any atom is -0.351 e. The number of rotatable bonds is 3. The molecule has 0 atom stereocenters. The van der Waals surface area contributed by atoms with Gasteiger partial charge in [-0.25, -0.2) is 9.97 Å². The Hall–Kier alpha value is -1.65. The summed E-state index contributed by atoms with van der Waals surface area (Å²) in [5, 5.41) is 3.26. The lowest BCUT2D eigenvalue weighted by Crippen LogP contribution is -2.38. The third-order valence-corrected chi connectivity index (χ3v) is 2.58. The number of carbonyl (C=O) groups is 1. The Morgan fingerprint density at radius 2 is 2.00 bits per heavy atom. The fraction of sp³-hybridized carbons (Fsp3) is 0.500. The van der Waals surface area contributed by atoms with E-state index >= 15 is 0 Å². The van der Waals surface area contributed by atoms with Crippen molar-refractivity contribution in [1.82, 2.24) is 14.9 Å². The average molecular weight is 206 g/mol. The molecule has 1 aliphatic heterocycles. The Labute approximate surface area is 88.5 Å². The molecule has 2 heterocycles.